The van der Waals surface area contributed by atoms with Crippen molar-refractivity contribution in [2.24, 2.45) is 0 Å². The number of fused-ring (bicyclic) bond motifs is 1. The topological polar surface area (TPSA) is 92.3 Å². The molecular formula is C12H14N4O2S. The van der Waals surface area contributed by atoms with Crippen molar-refractivity contribution in [3.8, 4) is 0 Å². The van der Waals surface area contributed by atoms with Gasteiger partial charge < -0.3 is 15.7 Å². The second kappa shape index (κ2) is 4.14. The number of likely N-dealkylation sites (tertiary alicyclic amines) is 1. The van der Waals surface area contributed by atoms with Gasteiger partial charge in [-0.1, -0.05) is 0 Å². The second-order valence-corrected chi connectivity index (χ2v) is 6.03. The van der Waals surface area contributed by atoms with Crippen LogP contribution in [0.1, 0.15) is 23.0 Å². The van der Waals surface area contributed by atoms with Crippen LogP contribution in [0.2, 0.25) is 0 Å². The molecule has 3 heterocycles. The van der Waals surface area contributed by atoms with Gasteiger partial charge in [-0.15, -0.1) is 11.3 Å². The number of nitrogen functional groups attached to an aromatic ring is 1. The lowest BCUT2D eigenvalue weighted by Gasteiger charge is -2.18. The SMILES string of the molecule is CC1(O)CCN(C(=O)c2sc3nccnc3c2N)C1. The lowest BCUT2D eigenvalue weighted by molar-refractivity contribution is 0.0575. The summed E-state index contributed by atoms with van der Waals surface area (Å²) >= 11 is 1.25. The van der Waals surface area contributed by atoms with Gasteiger partial charge in [0, 0.05) is 25.5 Å². The maximum Gasteiger partial charge on any atom is 0.266 e. The molecule has 1 aliphatic rings. The van der Waals surface area contributed by atoms with Crippen LogP contribution in [-0.4, -0.2) is 44.6 Å². The smallest absolute Gasteiger partial charge is 0.266 e. The highest BCUT2D eigenvalue weighted by atomic mass is 32.1. The average molecular weight is 278 g/mol. The van der Waals surface area contributed by atoms with Crippen molar-refractivity contribution in [2.75, 3.05) is 18.8 Å². The van der Waals surface area contributed by atoms with Crippen molar-refractivity contribution in [2.45, 2.75) is 18.9 Å². The fourth-order valence-electron chi connectivity index (χ4n) is 2.26. The number of nitrogens with two attached hydrogens (primary N) is 1. The molecule has 1 atom stereocenters. The number of aromatic nitrogens is 2. The maximum absolute atomic E-state index is 12.4. The molecule has 0 saturated carbocycles. The van der Waals surface area contributed by atoms with Crippen LogP contribution in [0.3, 0.4) is 0 Å². The molecule has 3 N–H and O–H groups in total. The minimum atomic E-state index is -0.808. The highest BCUT2D eigenvalue weighted by Gasteiger charge is 2.35. The number of aliphatic hydroxyl groups is 1. The number of carbonyl (C=O) groups excluding carboxylic acids is 1. The zero-order valence-electron chi connectivity index (χ0n) is 10.5. The summed E-state index contributed by atoms with van der Waals surface area (Å²) in [6.07, 6.45) is 3.72. The van der Waals surface area contributed by atoms with Gasteiger partial charge in [0.05, 0.1) is 11.3 Å². The summed E-state index contributed by atoms with van der Waals surface area (Å²) in [5.74, 6) is -0.153. The molecule has 0 bridgehead atoms. The van der Waals surface area contributed by atoms with Crippen LogP contribution in [-0.2, 0) is 0 Å². The predicted octanol–water partition coefficient (Wildman–Crippen LogP) is 0.870. The average Bonchev–Trinajstić information content (AvgIpc) is 2.90. The molecule has 3 rings (SSSR count). The van der Waals surface area contributed by atoms with Gasteiger partial charge in [0.15, 0.2) is 0 Å². The molecule has 0 radical (unpaired) electrons. The van der Waals surface area contributed by atoms with E-state index in [0.717, 1.165) is 0 Å². The van der Waals surface area contributed by atoms with Gasteiger partial charge in [-0.25, -0.2) is 9.97 Å². The normalized spacial score (nSPS) is 23.2. The van der Waals surface area contributed by atoms with E-state index in [1.807, 2.05) is 0 Å². The highest BCUT2D eigenvalue weighted by Crippen LogP contribution is 2.33. The molecule has 7 heteroatoms. The van der Waals surface area contributed by atoms with Crippen molar-refractivity contribution in [3.63, 3.8) is 0 Å². The van der Waals surface area contributed by atoms with E-state index in [1.165, 1.54) is 11.3 Å². The highest BCUT2D eigenvalue weighted by molar-refractivity contribution is 7.21. The summed E-state index contributed by atoms with van der Waals surface area (Å²) in [6, 6.07) is 0. The Balaban J connectivity index is 1.96. The number of carbonyl (C=O) groups is 1. The molecule has 2 aromatic heterocycles. The first-order valence-electron chi connectivity index (χ1n) is 5.98. The second-order valence-electron chi connectivity index (χ2n) is 5.03. The minimum Gasteiger partial charge on any atom is -0.396 e. The largest absolute Gasteiger partial charge is 0.396 e. The lowest BCUT2D eigenvalue weighted by atomic mass is 10.1. The van der Waals surface area contributed by atoms with E-state index >= 15 is 0 Å². The van der Waals surface area contributed by atoms with Crippen LogP contribution in [0, 0.1) is 0 Å². The summed E-state index contributed by atoms with van der Waals surface area (Å²) in [5, 5.41) is 9.92. The number of amides is 1. The third-order valence-electron chi connectivity index (χ3n) is 3.30. The Morgan fingerprint density at radius 3 is 2.89 bits per heavy atom. The third-order valence-corrected chi connectivity index (χ3v) is 4.39. The maximum atomic E-state index is 12.4. The van der Waals surface area contributed by atoms with Crippen molar-refractivity contribution < 1.29 is 9.90 Å². The molecular weight excluding hydrogens is 264 g/mol. The molecule has 6 nitrogen and oxygen atoms in total. The van der Waals surface area contributed by atoms with E-state index in [-0.39, 0.29) is 5.91 Å². The third kappa shape index (κ3) is 2.04. The Morgan fingerprint density at radius 2 is 2.26 bits per heavy atom. The molecule has 19 heavy (non-hydrogen) atoms. The van der Waals surface area contributed by atoms with E-state index in [2.05, 4.69) is 9.97 Å². The Bertz CT molecular complexity index is 652. The fourth-order valence-corrected chi connectivity index (χ4v) is 3.25. The molecule has 1 fully saturated rings. The molecule has 0 spiro atoms. The number of anilines is 1. The molecule has 1 aliphatic heterocycles. The zero-order chi connectivity index (χ0) is 13.6. The molecule has 1 amide bonds. The van der Waals surface area contributed by atoms with Crippen LogP contribution < -0.4 is 5.73 Å². The number of rotatable bonds is 1. The summed E-state index contributed by atoms with van der Waals surface area (Å²) < 4.78 is 0. The van der Waals surface area contributed by atoms with Crippen molar-refractivity contribution in [1.82, 2.24) is 14.9 Å². The first-order valence-corrected chi connectivity index (χ1v) is 6.80. The van der Waals surface area contributed by atoms with Gasteiger partial charge >= 0.3 is 0 Å². The number of nitrogens with zero attached hydrogens (tertiary/aromatic N) is 3. The minimum absolute atomic E-state index is 0.153. The van der Waals surface area contributed by atoms with Crippen LogP contribution in [0.25, 0.3) is 10.3 Å². The molecule has 1 unspecified atom stereocenters. The van der Waals surface area contributed by atoms with E-state index in [4.69, 9.17) is 5.73 Å². The monoisotopic (exact) mass is 278 g/mol. The number of hydrogen-bond donors (Lipinski definition) is 2. The molecule has 2 aromatic rings. The summed E-state index contributed by atoms with van der Waals surface area (Å²) in [6.45, 7) is 2.61. The van der Waals surface area contributed by atoms with Crippen molar-refractivity contribution in [1.29, 1.82) is 0 Å². The lowest BCUT2D eigenvalue weighted by Crippen LogP contribution is -2.33. The van der Waals surface area contributed by atoms with Crippen LogP contribution in [0.5, 0.6) is 0 Å². The number of thiophene rings is 1. The predicted molar refractivity (Wildman–Crippen MR) is 73.0 cm³/mol. The summed E-state index contributed by atoms with van der Waals surface area (Å²) in [5.41, 5.74) is 6.12. The van der Waals surface area contributed by atoms with Gasteiger partial charge in [0.2, 0.25) is 0 Å². The molecule has 0 aromatic carbocycles. The Labute approximate surface area is 113 Å². The Hall–Kier alpha value is -1.73. The van der Waals surface area contributed by atoms with E-state index in [1.54, 1.807) is 24.2 Å². The number of β-amino-alcohol motifs (C(OH)–C–C–N with tert-alkyl or cyclic N) is 1. The quantitative estimate of drug-likeness (QED) is 0.807. The first-order chi connectivity index (χ1) is 8.98. The zero-order valence-corrected chi connectivity index (χ0v) is 11.3. The van der Waals surface area contributed by atoms with E-state index in [0.29, 0.717) is 40.4 Å². The first kappa shape index (κ1) is 12.3. The van der Waals surface area contributed by atoms with E-state index < -0.39 is 5.60 Å². The Morgan fingerprint density at radius 1 is 1.53 bits per heavy atom. The summed E-state index contributed by atoms with van der Waals surface area (Å²) in [4.78, 5) is 23.5. The van der Waals surface area contributed by atoms with Crippen molar-refractivity contribution in [3.05, 3.63) is 17.3 Å². The molecule has 1 saturated heterocycles. The summed E-state index contributed by atoms with van der Waals surface area (Å²) in [7, 11) is 0. The number of hydrogen-bond acceptors (Lipinski definition) is 6. The van der Waals surface area contributed by atoms with Gasteiger partial charge in [-0.05, 0) is 13.3 Å². The van der Waals surface area contributed by atoms with Gasteiger partial charge in [0.1, 0.15) is 15.2 Å². The van der Waals surface area contributed by atoms with Crippen molar-refractivity contribution >= 4 is 33.3 Å². The fraction of sp³-hybridized carbons (Fsp3) is 0.417. The van der Waals surface area contributed by atoms with Gasteiger partial charge in [-0.2, -0.15) is 0 Å². The van der Waals surface area contributed by atoms with Gasteiger partial charge in [0.25, 0.3) is 5.91 Å². The molecule has 0 aliphatic carbocycles. The van der Waals surface area contributed by atoms with E-state index in [9.17, 15) is 9.90 Å². The van der Waals surface area contributed by atoms with Crippen LogP contribution >= 0.6 is 11.3 Å². The van der Waals surface area contributed by atoms with Crippen LogP contribution in [0.15, 0.2) is 12.4 Å². The molecule has 100 valence electrons. The van der Waals surface area contributed by atoms with Crippen LogP contribution in [0.4, 0.5) is 5.69 Å². The van der Waals surface area contributed by atoms with Gasteiger partial charge in [-0.3, -0.25) is 4.79 Å². The standard InChI is InChI=1S/C12H14N4O2S/c1-12(18)2-5-16(6-12)11(17)9-7(13)8-10(19-9)15-4-3-14-8/h3-4,18H,2,5-6,13H2,1H3. The Kier molecular flexibility index (Phi) is 2.68.